The van der Waals surface area contributed by atoms with Crippen LogP contribution in [0.1, 0.15) is 43.2 Å². The molecule has 2 rings (SSSR count). The van der Waals surface area contributed by atoms with Crippen LogP contribution in [-0.4, -0.2) is 21.1 Å². The van der Waals surface area contributed by atoms with E-state index in [-0.39, 0.29) is 6.04 Å². The summed E-state index contributed by atoms with van der Waals surface area (Å²) in [6.07, 6.45) is 2.09. The van der Waals surface area contributed by atoms with Crippen molar-refractivity contribution in [2.45, 2.75) is 40.7 Å². The Morgan fingerprint density at radius 2 is 1.95 bits per heavy atom. The Labute approximate surface area is 118 Å². The van der Waals surface area contributed by atoms with Gasteiger partial charge in [-0.25, -0.2) is 9.97 Å². The number of aryl methyl sites for hydroxylation is 2. The van der Waals surface area contributed by atoms with Gasteiger partial charge in [0, 0.05) is 23.8 Å². The van der Waals surface area contributed by atoms with Crippen LogP contribution in [0.3, 0.4) is 0 Å². The highest BCUT2D eigenvalue weighted by molar-refractivity contribution is 7.09. The van der Waals surface area contributed by atoms with E-state index in [1.54, 1.807) is 11.3 Å². The summed E-state index contributed by atoms with van der Waals surface area (Å²) in [5.74, 6) is 1.54. The normalized spacial score (nSPS) is 12.9. The molecule has 4 nitrogen and oxygen atoms in total. The lowest BCUT2D eigenvalue weighted by Gasteiger charge is -2.15. The molecule has 0 aliphatic heterocycles. The summed E-state index contributed by atoms with van der Waals surface area (Å²) in [7, 11) is 0. The van der Waals surface area contributed by atoms with Crippen LogP contribution in [0.25, 0.3) is 0 Å². The standard InChI is InChI=1S/C14H22N4S/c1-9(2)6-15-14-17-10(3)7-18(14)12(5)13-16-11(4)8-19-13/h7-9,12H,6H2,1-5H3,(H,15,17). The second-order valence-electron chi connectivity index (χ2n) is 5.39. The fourth-order valence-electron chi connectivity index (χ4n) is 1.92. The summed E-state index contributed by atoms with van der Waals surface area (Å²) in [6.45, 7) is 11.5. The second-order valence-corrected chi connectivity index (χ2v) is 6.28. The Hall–Kier alpha value is -1.36. The smallest absolute Gasteiger partial charge is 0.203 e. The molecule has 5 heteroatoms. The number of rotatable bonds is 5. The molecule has 0 bridgehead atoms. The predicted octanol–water partition coefficient (Wildman–Crippen LogP) is 3.63. The lowest BCUT2D eigenvalue weighted by atomic mass is 10.2. The molecular formula is C14H22N4S. The summed E-state index contributed by atoms with van der Waals surface area (Å²) < 4.78 is 2.18. The first-order chi connectivity index (χ1) is 8.97. The Kier molecular flexibility index (Phi) is 4.24. The van der Waals surface area contributed by atoms with Gasteiger partial charge in [0.15, 0.2) is 0 Å². The van der Waals surface area contributed by atoms with E-state index < -0.39 is 0 Å². The molecule has 19 heavy (non-hydrogen) atoms. The summed E-state index contributed by atoms with van der Waals surface area (Å²) in [4.78, 5) is 9.14. The highest BCUT2D eigenvalue weighted by Crippen LogP contribution is 2.25. The minimum atomic E-state index is 0.217. The van der Waals surface area contributed by atoms with Crippen LogP contribution >= 0.6 is 11.3 Å². The zero-order valence-electron chi connectivity index (χ0n) is 12.3. The molecule has 0 saturated heterocycles. The van der Waals surface area contributed by atoms with E-state index in [4.69, 9.17) is 0 Å². The number of nitrogens with one attached hydrogen (secondary N) is 1. The van der Waals surface area contributed by atoms with E-state index in [9.17, 15) is 0 Å². The SMILES string of the molecule is Cc1csc(C(C)n2cc(C)nc2NCC(C)C)n1. The molecule has 0 aliphatic rings. The zero-order valence-corrected chi connectivity index (χ0v) is 13.1. The minimum Gasteiger partial charge on any atom is -0.355 e. The third-order valence-electron chi connectivity index (χ3n) is 2.93. The molecule has 0 fully saturated rings. The molecule has 0 spiro atoms. The molecule has 0 saturated carbocycles. The number of imidazole rings is 1. The van der Waals surface area contributed by atoms with Gasteiger partial charge in [-0.05, 0) is 26.7 Å². The first-order valence-corrected chi connectivity index (χ1v) is 7.56. The van der Waals surface area contributed by atoms with Gasteiger partial charge in [0.1, 0.15) is 5.01 Å². The quantitative estimate of drug-likeness (QED) is 0.908. The molecule has 2 aromatic heterocycles. The zero-order chi connectivity index (χ0) is 14.0. The van der Waals surface area contributed by atoms with Crippen LogP contribution < -0.4 is 5.32 Å². The van der Waals surface area contributed by atoms with Crippen LogP contribution in [0.15, 0.2) is 11.6 Å². The maximum absolute atomic E-state index is 4.57. The van der Waals surface area contributed by atoms with Crippen LogP contribution in [-0.2, 0) is 0 Å². The predicted molar refractivity (Wildman–Crippen MR) is 81.0 cm³/mol. The summed E-state index contributed by atoms with van der Waals surface area (Å²) in [5, 5.41) is 6.64. The lowest BCUT2D eigenvalue weighted by molar-refractivity contribution is 0.624. The number of aromatic nitrogens is 3. The van der Waals surface area contributed by atoms with Gasteiger partial charge in [-0.3, -0.25) is 0 Å². The maximum Gasteiger partial charge on any atom is 0.203 e. The van der Waals surface area contributed by atoms with Gasteiger partial charge in [-0.1, -0.05) is 13.8 Å². The van der Waals surface area contributed by atoms with Gasteiger partial charge >= 0.3 is 0 Å². The van der Waals surface area contributed by atoms with E-state index in [2.05, 4.69) is 52.2 Å². The minimum absolute atomic E-state index is 0.217. The Morgan fingerprint density at radius 1 is 1.21 bits per heavy atom. The van der Waals surface area contributed by atoms with E-state index in [1.807, 2.05) is 13.8 Å². The molecule has 0 radical (unpaired) electrons. The highest BCUT2D eigenvalue weighted by atomic mass is 32.1. The molecule has 1 unspecified atom stereocenters. The fraction of sp³-hybridized carbons (Fsp3) is 0.571. The first kappa shape index (κ1) is 14.1. The topological polar surface area (TPSA) is 42.7 Å². The van der Waals surface area contributed by atoms with Crippen LogP contribution in [0.5, 0.6) is 0 Å². The fourth-order valence-corrected chi connectivity index (χ4v) is 2.77. The van der Waals surface area contributed by atoms with Crippen LogP contribution in [0.2, 0.25) is 0 Å². The van der Waals surface area contributed by atoms with Crippen molar-refractivity contribution < 1.29 is 0 Å². The van der Waals surface area contributed by atoms with Crippen molar-refractivity contribution in [3.63, 3.8) is 0 Å². The Balaban J connectivity index is 2.23. The van der Waals surface area contributed by atoms with Crippen molar-refractivity contribution in [1.29, 1.82) is 0 Å². The number of thiazole rings is 1. The van der Waals surface area contributed by atoms with Gasteiger partial charge < -0.3 is 9.88 Å². The summed E-state index contributed by atoms with van der Waals surface area (Å²) in [5.41, 5.74) is 2.12. The van der Waals surface area contributed by atoms with Gasteiger partial charge in [0.05, 0.1) is 11.7 Å². The average Bonchev–Trinajstić information content (AvgIpc) is 2.92. The third kappa shape index (κ3) is 3.35. The molecule has 0 amide bonds. The van der Waals surface area contributed by atoms with Crippen molar-refractivity contribution in [1.82, 2.24) is 14.5 Å². The van der Waals surface area contributed by atoms with Crippen molar-refractivity contribution in [2.75, 3.05) is 11.9 Å². The second kappa shape index (κ2) is 5.74. The monoisotopic (exact) mass is 278 g/mol. The Morgan fingerprint density at radius 3 is 2.53 bits per heavy atom. The molecule has 2 aromatic rings. The maximum atomic E-state index is 4.57. The van der Waals surface area contributed by atoms with Crippen molar-refractivity contribution in [3.8, 4) is 0 Å². The number of hydrogen-bond acceptors (Lipinski definition) is 4. The number of anilines is 1. The van der Waals surface area contributed by atoms with Crippen molar-refractivity contribution >= 4 is 17.3 Å². The molecule has 1 N–H and O–H groups in total. The average molecular weight is 278 g/mol. The van der Waals surface area contributed by atoms with Crippen molar-refractivity contribution in [2.24, 2.45) is 5.92 Å². The van der Waals surface area contributed by atoms with Gasteiger partial charge in [-0.15, -0.1) is 11.3 Å². The first-order valence-electron chi connectivity index (χ1n) is 6.68. The summed E-state index contributed by atoms with van der Waals surface area (Å²) >= 11 is 1.71. The Bertz CT molecular complexity index is 541. The molecule has 104 valence electrons. The van der Waals surface area contributed by atoms with E-state index in [0.29, 0.717) is 5.92 Å². The summed E-state index contributed by atoms with van der Waals surface area (Å²) in [6, 6.07) is 0.217. The molecular weight excluding hydrogens is 256 g/mol. The van der Waals surface area contributed by atoms with Gasteiger partial charge in [-0.2, -0.15) is 0 Å². The van der Waals surface area contributed by atoms with Gasteiger partial charge in [0.2, 0.25) is 5.95 Å². The number of nitrogens with zero attached hydrogens (tertiary/aromatic N) is 3. The molecule has 1 atom stereocenters. The van der Waals surface area contributed by atoms with E-state index in [0.717, 1.165) is 28.9 Å². The van der Waals surface area contributed by atoms with Crippen LogP contribution in [0, 0.1) is 19.8 Å². The lowest BCUT2D eigenvalue weighted by Crippen LogP contribution is -2.15. The van der Waals surface area contributed by atoms with Gasteiger partial charge in [0.25, 0.3) is 0 Å². The van der Waals surface area contributed by atoms with Crippen molar-refractivity contribution in [3.05, 3.63) is 28.0 Å². The molecule has 0 aromatic carbocycles. The van der Waals surface area contributed by atoms with E-state index in [1.165, 1.54) is 0 Å². The third-order valence-corrected chi connectivity index (χ3v) is 4.07. The molecule has 2 heterocycles. The number of hydrogen-bond donors (Lipinski definition) is 1. The highest BCUT2D eigenvalue weighted by Gasteiger charge is 2.16. The van der Waals surface area contributed by atoms with E-state index >= 15 is 0 Å². The van der Waals surface area contributed by atoms with Crippen LogP contribution in [0.4, 0.5) is 5.95 Å². The molecule has 0 aliphatic carbocycles. The largest absolute Gasteiger partial charge is 0.355 e.